The average Bonchev–Trinajstić information content (AvgIpc) is 2.64. The highest BCUT2D eigenvalue weighted by Gasteiger charge is 2.31. The van der Waals surface area contributed by atoms with Gasteiger partial charge < -0.3 is 5.32 Å². The van der Waals surface area contributed by atoms with Crippen LogP contribution in [-0.4, -0.2) is 18.8 Å². The van der Waals surface area contributed by atoms with E-state index in [2.05, 4.69) is 5.32 Å². The first-order valence-electron chi connectivity index (χ1n) is 5.32. The molecule has 0 saturated carbocycles. The third-order valence-electron chi connectivity index (χ3n) is 2.22. The molecule has 1 unspecified atom stereocenters. The van der Waals surface area contributed by atoms with Gasteiger partial charge in [0, 0.05) is 6.04 Å². The molecule has 0 bridgehead atoms. The quantitative estimate of drug-likeness (QED) is 0.814. The molecular weight excluding hydrogens is 235 g/mol. The fraction of sp³-hybridized carbons (Fsp3) is 0.636. The Hall–Kier alpha value is -0.550. The lowest BCUT2D eigenvalue weighted by Crippen LogP contribution is -2.36. The van der Waals surface area contributed by atoms with Crippen LogP contribution in [0.1, 0.15) is 25.3 Å². The molecule has 1 aromatic rings. The molecule has 92 valence electrons. The lowest BCUT2D eigenvalue weighted by Gasteiger charge is -2.19. The number of thiophene rings is 1. The molecule has 0 saturated heterocycles. The molecule has 16 heavy (non-hydrogen) atoms. The van der Waals surface area contributed by atoms with Gasteiger partial charge in [0.05, 0.1) is 6.42 Å². The second kappa shape index (κ2) is 6.25. The van der Waals surface area contributed by atoms with Crippen molar-refractivity contribution >= 4 is 11.3 Å². The van der Waals surface area contributed by atoms with Gasteiger partial charge in [-0.2, -0.15) is 24.5 Å². The van der Waals surface area contributed by atoms with Gasteiger partial charge in [0.1, 0.15) is 0 Å². The van der Waals surface area contributed by atoms with Gasteiger partial charge in [0.15, 0.2) is 0 Å². The molecule has 1 aromatic heterocycles. The molecule has 0 fully saturated rings. The number of alkyl halides is 3. The fourth-order valence-electron chi connectivity index (χ4n) is 1.54. The topological polar surface area (TPSA) is 12.0 Å². The van der Waals surface area contributed by atoms with Crippen LogP contribution in [0.5, 0.6) is 0 Å². The summed E-state index contributed by atoms with van der Waals surface area (Å²) in [5.74, 6) is 0. The third kappa shape index (κ3) is 5.51. The van der Waals surface area contributed by atoms with E-state index in [9.17, 15) is 13.2 Å². The van der Waals surface area contributed by atoms with E-state index in [1.165, 1.54) is 11.3 Å². The lowest BCUT2D eigenvalue weighted by atomic mass is 10.1. The van der Waals surface area contributed by atoms with Crippen molar-refractivity contribution in [3.05, 3.63) is 22.4 Å². The smallest absolute Gasteiger partial charge is 0.313 e. The van der Waals surface area contributed by atoms with E-state index in [4.69, 9.17) is 0 Å². The van der Waals surface area contributed by atoms with Crippen LogP contribution in [0.4, 0.5) is 13.2 Å². The molecule has 1 nitrogen and oxygen atoms in total. The number of hydrogen-bond donors (Lipinski definition) is 1. The molecule has 0 radical (unpaired) electrons. The van der Waals surface area contributed by atoms with Gasteiger partial charge in [-0.3, -0.25) is 0 Å². The van der Waals surface area contributed by atoms with E-state index in [0.29, 0.717) is 13.0 Å². The Bertz CT molecular complexity index is 282. The van der Waals surface area contributed by atoms with Gasteiger partial charge in [-0.25, -0.2) is 0 Å². The minimum atomic E-state index is -4.10. The Kier molecular flexibility index (Phi) is 5.28. The maximum absolute atomic E-state index is 12.3. The summed E-state index contributed by atoms with van der Waals surface area (Å²) in [6.07, 6.45) is -3.56. The van der Waals surface area contributed by atoms with Gasteiger partial charge in [-0.15, -0.1) is 0 Å². The van der Waals surface area contributed by atoms with Crippen LogP contribution >= 0.6 is 11.3 Å². The van der Waals surface area contributed by atoms with Crippen LogP contribution in [-0.2, 0) is 6.42 Å². The Morgan fingerprint density at radius 1 is 1.44 bits per heavy atom. The summed E-state index contributed by atoms with van der Waals surface area (Å²) in [5.41, 5.74) is 0.975. The summed E-state index contributed by atoms with van der Waals surface area (Å²) in [6, 6.07) is 1.37. The molecule has 1 N–H and O–H groups in total. The van der Waals surface area contributed by atoms with Crippen molar-refractivity contribution in [1.29, 1.82) is 0 Å². The predicted molar refractivity (Wildman–Crippen MR) is 60.8 cm³/mol. The molecule has 0 spiro atoms. The number of nitrogens with one attached hydrogen (secondary N) is 1. The van der Waals surface area contributed by atoms with Crippen LogP contribution in [0, 0.1) is 0 Å². The molecule has 0 aromatic carbocycles. The van der Waals surface area contributed by atoms with E-state index < -0.39 is 18.6 Å². The van der Waals surface area contributed by atoms with Crippen molar-refractivity contribution in [2.45, 2.75) is 38.4 Å². The Morgan fingerprint density at radius 3 is 2.69 bits per heavy atom. The standard InChI is InChI=1S/C11H16F3NS/c1-2-4-15-10(7-11(12,13)14)6-9-3-5-16-8-9/h3,5,8,10,15H,2,4,6-7H2,1H3. The molecule has 0 aliphatic rings. The SMILES string of the molecule is CCCNC(Cc1ccsc1)CC(F)(F)F. The molecule has 1 rings (SSSR count). The summed E-state index contributed by atoms with van der Waals surface area (Å²) in [5, 5.41) is 6.74. The van der Waals surface area contributed by atoms with Crippen molar-refractivity contribution in [3.8, 4) is 0 Å². The van der Waals surface area contributed by atoms with Crippen LogP contribution in [0.3, 0.4) is 0 Å². The van der Waals surface area contributed by atoms with Crippen molar-refractivity contribution < 1.29 is 13.2 Å². The van der Waals surface area contributed by atoms with Crippen molar-refractivity contribution in [2.75, 3.05) is 6.54 Å². The maximum Gasteiger partial charge on any atom is 0.390 e. The van der Waals surface area contributed by atoms with Gasteiger partial charge >= 0.3 is 6.18 Å². The molecule has 1 heterocycles. The first kappa shape index (κ1) is 13.5. The highest BCUT2D eigenvalue weighted by molar-refractivity contribution is 7.07. The summed E-state index contributed by atoms with van der Waals surface area (Å²) in [7, 11) is 0. The largest absolute Gasteiger partial charge is 0.390 e. The van der Waals surface area contributed by atoms with Crippen molar-refractivity contribution in [1.82, 2.24) is 5.32 Å². The zero-order valence-corrected chi connectivity index (χ0v) is 10.00. The fourth-order valence-corrected chi connectivity index (χ4v) is 2.22. The van der Waals surface area contributed by atoms with Gasteiger partial charge in [0.2, 0.25) is 0 Å². The third-order valence-corrected chi connectivity index (χ3v) is 2.96. The number of halogens is 3. The van der Waals surface area contributed by atoms with E-state index in [1.807, 2.05) is 23.8 Å². The molecular formula is C11H16F3NS. The van der Waals surface area contributed by atoms with E-state index >= 15 is 0 Å². The van der Waals surface area contributed by atoms with Gasteiger partial charge in [-0.1, -0.05) is 6.92 Å². The van der Waals surface area contributed by atoms with Crippen molar-refractivity contribution in [2.24, 2.45) is 0 Å². The number of rotatable bonds is 6. The summed E-state index contributed by atoms with van der Waals surface area (Å²) in [4.78, 5) is 0. The van der Waals surface area contributed by atoms with Gasteiger partial charge in [-0.05, 0) is 41.8 Å². The van der Waals surface area contributed by atoms with Crippen LogP contribution in [0.15, 0.2) is 16.8 Å². The normalized spacial score (nSPS) is 14.0. The zero-order chi connectivity index (χ0) is 12.0. The first-order valence-corrected chi connectivity index (χ1v) is 6.26. The lowest BCUT2D eigenvalue weighted by molar-refractivity contribution is -0.139. The molecule has 0 amide bonds. The second-order valence-corrected chi connectivity index (χ2v) is 4.59. The number of hydrogen-bond acceptors (Lipinski definition) is 2. The van der Waals surface area contributed by atoms with Crippen LogP contribution < -0.4 is 5.32 Å². The average molecular weight is 251 g/mol. The molecule has 0 aliphatic heterocycles. The summed E-state index contributed by atoms with van der Waals surface area (Å²) < 4.78 is 37.0. The Morgan fingerprint density at radius 2 is 2.19 bits per heavy atom. The first-order chi connectivity index (χ1) is 7.51. The highest BCUT2D eigenvalue weighted by atomic mass is 32.1. The van der Waals surface area contributed by atoms with Gasteiger partial charge in [0.25, 0.3) is 0 Å². The van der Waals surface area contributed by atoms with Crippen LogP contribution in [0.25, 0.3) is 0 Å². The minimum Gasteiger partial charge on any atom is -0.313 e. The zero-order valence-electron chi connectivity index (χ0n) is 9.18. The molecule has 5 heteroatoms. The Balaban J connectivity index is 2.50. The summed E-state index contributed by atoms with van der Waals surface area (Å²) in [6.45, 7) is 2.58. The molecule has 0 aliphatic carbocycles. The van der Waals surface area contributed by atoms with E-state index in [-0.39, 0.29) is 0 Å². The van der Waals surface area contributed by atoms with E-state index in [0.717, 1.165) is 12.0 Å². The minimum absolute atomic E-state index is 0.447. The van der Waals surface area contributed by atoms with Crippen LogP contribution in [0.2, 0.25) is 0 Å². The summed E-state index contributed by atoms with van der Waals surface area (Å²) >= 11 is 1.51. The maximum atomic E-state index is 12.3. The Labute approximate surface area is 97.7 Å². The van der Waals surface area contributed by atoms with E-state index in [1.54, 1.807) is 0 Å². The predicted octanol–water partition coefficient (Wildman–Crippen LogP) is 3.61. The molecule has 1 atom stereocenters. The second-order valence-electron chi connectivity index (χ2n) is 3.81. The highest BCUT2D eigenvalue weighted by Crippen LogP contribution is 2.23. The monoisotopic (exact) mass is 251 g/mol. The van der Waals surface area contributed by atoms with Crippen molar-refractivity contribution in [3.63, 3.8) is 0 Å².